The minimum atomic E-state index is -0.305. The zero-order valence-corrected chi connectivity index (χ0v) is 8.74. The Balaban J connectivity index is 2.74. The third-order valence-corrected chi connectivity index (χ3v) is 2.38. The van der Waals surface area contributed by atoms with Gasteiger partial charge in [0, 0.05) is 12.1 Å². The van der Waals surface area contributed by atoms with Gasteiger partial charge in [0.2, 0.25) is 0 Å². The molecule has 80 valence electrons. The van der Waals surface area contributed by atoms with Crippen LogP contribution in [-0.4, -0.2) is 14.7 Å². The lowest BCUT2D eigenvalue weighted by Crippen LogP contribution is -2.05. The molecule has 2 aromatic rings. The van der Waals surface area contributed by atoms with Crippen LogP contribution in [-0.2, 0) is 6.61 Å². The van der Waals surface area contributed by atoms with Gasteiger partial charge in [0.25, 0.3) is 0 Å². The molecule has 1 aromatic heterocycles. The molecule has 0 fully saturated rings. The summed E-state index contributed by atoms with van der Waals surface area (Å²) < 4.78 is 14.9. The van der Waals surface area contributed by atoms with Crippen molar-refractivity contribution in [3.05, 3.63) is 29.8 Å². The zero-order valence-electron chi connectivity index (χ0n) is 8.74. The van der Waals surface area contributed by atoms with Gasteiger partial charge in [-0.3, -0.25) is 0 Å². The average Bonchev–Trinajstić information content (AvgIpc) is 2.54. The average molecular weight is 208 g/mol. The summed E-state index contributed by atoms with van der Waals surface area (Å²) in [6.07, 6.45) is 0. The van der Waals surface area contributed by atoms with Crippen molar-refractivity contribution in [2.24, 2.45) is 0 Å². The minimum absolute atomic E-state index is 0.130. The Morgan fingerprint density at radius 2 is 2.20 bits per heavy atom. The van der Waals surface area contributed by atoms with E-state index >= 15 is 0 Å². The third kappa shape index (κ3) is 1.61. The smallest absolute Gasteiger partial charge is 0.135 e. The highest BCUT2D eigenvalue weighted by molar-refractivity contribution is 5.76. The summed E-state index contributed by atoms with van der Waals surface area (Å²) in [5.74, 6) is 0.269. The van der Waals surface area contributed by atoms with E-state index < -0.39 is 0 Å². The number of hydrogen-bond donors (Lipinski definition) is 1. The standard InChI is InChI=1S/C11H13FN2O/c1-7(2)14-10-4-3-8(12)5-9(10)13-11(14)6-15/h3-5,7,15H,6H2,1-2H3. The normalized spacial score (nSPS) is 11.5. The summed E-state index contributed by atoms with van der Waals surface area (Å²) in [6.45, 7) is 3.88. The molecule has 2 rings (SSSR count). The number of rotatable bonds is 2. The Kier molecular flexibility index (Phi) is 2.44. The number of halogens is 1. The number of hydrogen-bond acceptors (Lipinski definition) is 2. The first-order chi connectivity index (χ1) is 7.13. The minimum Gasteiger partial charge on any atom is -0.388 e. The molecule has 0 aliphatic rings. The van der Waals surface area contributed by atoms with Gasteiger partial charge in [-0.15, -0.1) is 0 Å². The fraction of sp³-hybridized carbons (Fsp3) is 0.364. The van der Waals surface area contributed by atoms with Gasteiger partial charge >= 0.3 is 0 Å². The predicted molar refractivity (Wildman–Crippen MR) is 56.0 cm³/mol. The molecule has 0 atom stereocenters. The maximum absolute atomic E-state index is 13.0. The number of fused-ring (bicyclic) bond motifs is 1. The van der Waals surface area contributed by atoms with Crippen molar-refractivity contribution in [1.82, 2.24) is 9.55 Å². The van der Waals surface area contributed by atoms with E-state index in [9.17, 15) is 4.39 Å². The molecule has 4 heteroatoms. The number of imidazole rings is 1. The quantitative estimate of drug-likeness (QED) is 0.822. The second-order valence-electron chi connectivity index (χ2n) is 3.78. The molecule has 1 N–H and O–H groups in total. The maximum atomic E-state index is 13.0. The van der Waals surface area contributed by atoms with Gasteiger partial charge < -0.3 is 9.67 Å². The maximum Gasteiger partial charge on any atom is 0.135 e. The van der Waals surface area contributed by atoms with Crippen LogP contribution in [0, 0.1) is 5.82 Å². The highest BCUT2D eigenvalue weighted by atomic mass is 19.1. The molecule has 0 saturated carbocycles. The van der Waals surface area contributed by atoms with Crippen LogP contribution < -0.4 is 0 Å². The lowest BCUT2D eigenvalue weighted by Gasteiger charge is -2.11. The number of aliphatic hydroxyl groups is 1. The van der Waals surface area contributed by atoms with E-state index in [0.29, 0.717) is 11.3 Å². The topological polar surface area (TPSA) is 38.0 Å². The van der Waals surface area contributed by atoms with E-state index in [1.807, 2.05) is 18.4 Å². The predicted octanol–water partition coefficient (Wildman–Crippen LogP) is 2.25. The SMILES string of the molecule is CC(C)n1c(CO)nc2cc(F)ccc21. The molecule has 1 heterocycles. The van der Waals surface area contributed by atoms with E-state index in [0.717, 1.165) is 5.52 Å². The molecular weight excluding hydrogens is 195 g/mol. The summed E-state index contributed by atoms with van der Waals surface area (Å²) in [5, 5.41) is 9.16. The van der Waals surface area contributed by atoms with E-state index in [-0.39, 0.29) is 18.5 Å². The Bertz CT molecular complexity index is 491. The molecule has 0 unspecified atom stereocenters. The lowest BCUT2D eigenvalue weighted by molar-refractivity contribution is 0.263. The van der Waals surface area contributed by atoms with E-state index in [2.05, 4.69) is 4.98 Å². The molecule has 0 aliphatic heterocycles. The molecule has 1 aromatic carbocycles. The van der Waals surface area contributed by atoms with Crippen LogP contribution in [0.4, 0.5) is 4.39 Å². The molecule has 3 nitrogen and oxygen atoms in total. The molecule has 0 radical (unpaired) electrons. The van der Waals surface area contributed by atoms with Crippen LogP contribution in [0.3, 0.4) is 0 Å². The zero-order chi connectivity index (χ0) is 11.0. The Hall–Kier alpha value is -1.42. The van der Waals surface area contributed by atoms with Gasteiger partial charge in [-0.05, 0) is 26.0 Å². The van der Waals surface area contributed by atoms with Crippen molar-refractivity contribution in [3.8, 4) is 0 Å². The molecule has 0 bridgehead atoms. The van der Waals surface area contributed by atoms with Gasteiger partial charge in [0.05, 0.1) is 11.0 Å². The van der Waals surface area contributed by atoms with Crippen LogP contribution >= 0.6 is 0 Å². The molecular formula is C11H13FN2O. The molecule has 15 heavy (non-hydrogen) atoms. The Morgan fingerprint density at radius 3 is 2.80 bits per heavy atom. The first-order valence-electron chi connectivity index (χ1n) is 4.90. The second kappa shape index (κ2) is 3.62. The summed E-state index contributed by atoms with van der Waals surface area (Å²) in [6, 6.07) is 4.68. The Labute approximate surface area is 87.2 Å². The summed E-state index contributed by atoms with van der Waals surface area (Å²) in [4.78, 5) is 4.19. The molecule has 0 saturated heterocycles. The molecule has 0 spiro atoms. The lowest BCUT2D eigenvalue weighted by atomic mass is 10.3. The fourth-order valence-corrected chi connectivity index (χ4v) is 1.81. The van der Waals surface area contributed by atoms with Gasteiger partial charge in [0.15, 0.2) is 0 Å². The molecule has 0 amide bonds. The van der Waals surface area contributed by atoms with Crippen molar-refractivity contribution >= 4 is 11.0 Å². The number of nitrogens with zero attached hydrogens (tertiary/aromatic N) is 2. The third-order valence-electron chi connectivity index (χ3n) is 2.38. The number of benzene rings is 1. The number of aromatic nitrogens is 2. The van der Waals surface area contributed by atoms with E-state index in [1.54, 1.807) is 6.07 Å². The summed E-state index contributed by atoms with van der Waals surface area (Å²) in [7, 11) is 0. The fourth-order valence-electron chi connectivity index (χ4n) is 1.81. The first-order valence-corrected chi connectivity index (χ1v) is 4.90. The van der Waals surface area contributed by atoms with Gasteiger partial charge in [-0.1, -0.05) is 0 Å². The van der Waals surface area contributed by atoms with Crippen LogP contribution in [0.15, 0.2) is 18.2 Å². The highest BCUT2D eigenvalue weighted by Crippen LogP contribution is 2.21. The van der Waals surface area contributed by atoms with Crippen molar-refractivity contribution in [3.63, 3.8) is 0 Å². The van der Waals surface area contributed by atoms with Crippen LogP contribution in [0.25, 0.3) is 11.0 Å². The van der Waals surface area contributed by atoms with Gasteiger partial charge in [-0.2, -0.15) is 0 Å². The monoisotopic (exact) mass is 208 g/mol. The summed E-state index contributed by atoms with van der Waals surface area (Å²) in [5.41, 5.74) is 1.45. The van der Waals surface area contributed by atoms with Crippen molar-refractivity contribution in [2.75, 3.05) is 0 Å². The van der Waals surface area contributed by atoms with Gasteiger partial charge in [0.1, 0.15) is 18.2 Å². The van der Waals surface area contributed by atoms with Crippen LogP contribution in [0.5, 0.6) is 0 Å². The van der Waals surface area contributed by atoms with Crippen molar-refractivity contribution < 1.29 is 9.50 Å². The first kappa shape index (κ1) is 10.1. The second-order valence-corrected chi connectivity index (χ2v) is 3.78. The largest absolute Gasteiger partial charge is 0.388 e. The van der Waals surface area contributed by atoms with Gasteiger partial charge in [-0.25, -0.2) is 9.37 Å². The van der Waals surface area contributed by atoms with Crippen molar-refractivity contribution in [1.29, 1.82) is 0 Å². The summed E-state index contributed by atoms with van der Waals surface area (Å²) >= 11 is 0. The highest BCUT2D eigenvalue weighted by Gasteiger charge is 2.12. The Morgan fingerprint density at radius 1 is 1.47 bits per heavy atom. The molecule has 0 aliphatic carbocycles. The van der Waals surface area contributed by atoms with E-state index in [1.165, 1.54) is 12.1 Å². The van der Waals surface area contributed by atoms with Crippen LogP contribution in [0.2, 0.25) is 0 Å². The van der Waals surface area contributed by atoms with Crippen LogP contribution in [0.1, 0.15) is 25.7 Å². The number of aliphatic hydroxyl groups excluding tert-OH is 1. The van der Waals surface area contributed by atoms with E-state index in [4.69, 9.17) is 5.11 Å². The van der Waals surface area contributed by atoms with Crippen molar-refractivity contribution in [2.45, 2.75) is 26.5 Å².